The average molecular weight is 331 g/mol. The van der Waals surface area contributed by atoms with Gasteiger partial charge in [-0.2, -0.15) is 0 Å². The molecule has 2 atom stereocenters. The summed E-state index contributed by atoms with van der Waals surface area (Å²) in [5, 5.41) is 0. The van der Waals surface area contributed by atoms with Crippen molar-refractivity contribution < 1.29 is 9.21 Å². The summed E-state index contributed by atoms with van der Waals surface area (Å²) >= 11 is 1.41. The predicted octanol–water partition coefficient (Wildman–Crippen LogP) is 3.01. The third-order valence-corrected chi connectivity index (χ3v) is 6.50. The Morgan fingerprint density at radius 3 is 2.74 bits per heavy atom. The highest BCUT2D eigenvalue weighted by molar-refractivity contribution is 7.17. The molecule has 0 spiro atoms. The van der Waals surface area contributed by atoms with Crippen LogP contribution in [0.25, 0.3) is 10.8 Å². The molecule has 0 unspecified atom stereocenters. The zero-order valence-electron chi connectivity index (χ0n) is 13.4. The largest absolute Gasteiger partial charge is 0.444 e. The Morgan fingerprint density at radius 2 is 2.17 bits per heavy atom. The van der Waals surface area contributed by atoms with Gasteiger partial charge in [-0.25, -0.2) is 4.98 Å². The van der Waals surface area contributed by atoms with E-state index in [1.807, 2.05) is 6.92 Å². The van der Waals surface area contributed by atoms with Crippen LogP contribution in [0, 0.1) is 12.8 Å². The normalized spacial score (nSPS) is 29.8. The smallest absolute Gasteiger partial charge is 0.259 e. The number of primary amides is 1. The van der Waals surface area contributed by atoms with Crippen LogP contribution >= 0.6 is 11.3 Å². The van der Waals surface area contributed by atoms with Gasteiger partial charge in [-0.05, 0) is 57.3 Å². The number of hydrogen-bond acceptors (Lipinski definition) is 5. The summed E-state index contributed by atoms with van der Waals surface area (Å²) in [4.78, 5) is 20.5. The monoisotopic (exact) mass is 331 g/mol. The van der Waals surface area contributed by atoms with E-state index in [1.54, 1.807) is 6.26 Å². The van der Waals surface area contributed by atoms with Crippen LogP contribution in [0.4, 0.5) is 0 Å². The molecule has 0 aliphatic carbocycles. The Hall–Kier alpha value is -1.66. The van der Waals surface area contributed by atoms with E-state index >= 15 is 0 Å². The van der Waals surface area contributed by atoms with Crippen molar-refractivity contribution in [2.24, 2.45) is 11.7 Å². The topological polar surface area (TPSA) is 72.4 Å². The van der Waals surface area contributed by atoms with Gasteiger partial charge in [-0.1, -0.05) is 0 Å². The van der Waals surface area contributed by atoms with Crippen molar-refractivity contribution in [3.63, 3.8) is 0 Å². The molecule has 0 saturated carbocycles. The van der Waals surface area contributed by atoms with Crippen LogP contribution in [0.1, 0.15) is 46.6 Å². The zero-order chi connectivity index (χ0) is 16.1. The first-order chi connectivity index (χ1) is 11.0. The molecule has 0 aromatic carbocycles. The second-order valence-corrected chi connectivity index (χ2v) is 7.75. The Balaban J connectivity index is 1.78. The number of nitrogens with two attached hydrogens (primary N) is 1. The lowest BCUT2D eigenvalue weighted by Gasteiger charge is -2.50. The number of aromatic nitrogens is 1. The standard InChI is InChI=1S/C17H21N3O2S/c1-9-8-22-17(19-9)13-7-12(15(23-13)16(18)21)14-10(2)20-5-3-11(14)4-6-20/h7-8,10-11,14H,3-6H2,1-2H3,(H2,18,21)/t10-,14+/m0/s1. The number of fused-ring (bicyclic) bond motifs is 3. The summed E-state index contributed by atoms with van der Waals surface area (Å²) in [5.41, 5.74) is 7.60. The van der Waals surface area contributed by atoms with Gasteiger partial charge in [0.15, 0.2) is 0 Å². The SMILES string of the molecule is Cc1coc(-c2cc([C@H]3C4CCN(CC4)[C@H]3C)c(C(N)=O)s2)n1. The van der Waals surface area contributed by atoms with Gasteiger partial charge in [0.25, 0.3) is 5.91 Å². The van der Waals surface area contributed by atoms with Crippen molar-refractivity contribution in [3.05, 3.63) is 28.5 Å². The number of carbonyl (C=O) groups excluding carboxylic acids is 1. The third-order valence-electron chi connectivity index (χ3n) is 5.35. The Morgan fingerprint density at radius 1 is 1.43 bits per heavy atom. The van der Waals surface area contributed by atoms with Gasteiger partial charge in [0.1, 0.15) is 6.26 Å². The fourth-order valence-corrected chi connectivity index (χ4v) is 5.24. The molecule has 2 aromatic heterocycles. The van der Waals surface area contributed by atoms with E-state index in [0.29, 0.717) is 28.6 Å². The van der Waals surface area contributed by atoms with E-state index < -0.39 is 0 Å². The first kappa shape index (κ1) is 14.9. The van der Waals surface area contributed by atoms with Crippen molar-refractivity contribution in [1.82, 2.24) is 9.88 Å². The van der Waals surface area contributed by atoms with E-state index in [1.165, 1.54) is 37.3 Å². The average Bonchev–Trinajstić information content (AvgIpc) is 3.15. The molecule has 3 aliphatic heterocycles. The van der Waals surface area contributed by atoms with Crippen molar-refractivity contribution >= 4 is 17.2 Å². The summed E-state index contributed by atoms with van der Waals surface area (Å²) in [7, 11) is 0. The zero-order valence-corrected chi connectivity index (χ0v) is 14.2. The molecule has 6 heteroatoms. The molecule has 2 aromatic rings. The predicted molar refractivity (Wildman–Crippen MR) is 89.6 cm³/mol. The molecule has 3 fully saturated rings. The number of nitrogens with zero attached hydrogens (tertiary/aromatic N) is 2. The van der Waals surface area contributed by atoms with Crippen LogP contribution in [-0.2, 0) is 0 Å². The van der Waals surface area contributed by atoms with Crippen molar-refractivity contribution in [1.29, 1.82) is 0 Å². The van der Waals surface area contributed by atoms with Gasteiger partial charge < -0.3 is 15.1 Å². The molecule has 2 bridgehead atoms. The molecule has 23 heavy (non-hydrogen) atoms. The molecular formula is C17H21N3O2S. The number of piperidine rings is 3. The number of aryl methyl sites for hydroxylation is 1. The fraction of sp³-hybridized carbons (Fsp3) is 0.529. The fourth-order valence-electron chi connectivity index (χ4n) is 4.24. The van der Waals surface area contributed by atoms with Gasteiger partial charge in [-0.3, -0.25) is 4.79 Å². The van der Waals surface area contributed by atoms with E-state index in [-0.39, 0.29) is 5.91 Å². The summed E-state index contributed by atoms with van der Waals surface area (Å²) < 4.78 is 5.51. The third kappa shape index (κ3) is 2.40. The van der Waals surface area contributed by atoms with E-state index in [2.05, 4.69) is 22.9 Å². The second-order valence-electron chi connectivity index (χ2n) is 6.69. The van der Waals surface area contributed by atoms with Gasteiger partial charge in [0.2, 0.25) is 5.89 Å². The summed E-state index contributed by atoms with van der Waals surface area (Å²) in [6.07, 6.45) is 4.04. The summed E-state index contributed by atoms with van der Waals surface area (Å²) in [5.74, 6) is 1.25. The number of hydrogen-bond donors (Lipinski definition) is 1. The number of amides is 1. The van der Waals surface area contributed by atoms with E-state index in [9.17, 15) is 4.79 Å². The van der Waals surface area contributed by atoms with Crippen molar-refractivity contribution in [3.8, 4) is 10.8 Å². The molecule has 0 radical (unpaired) electrons. The molecule has 1 amide bonds. The highest BCUT2D eigenvalue weighted by Gasteiger charge is 2.42. The number of carbonyl (C=O) groups is 1. The Labute approximate surface area is 139 Å². The minimum absolute atomic E-state index is 0.344. The quantitative estimate of drug-likeness (QED) is 0.938. The maximum Gasteiger partial charge on any atom is 0.259 e. The summed E-state index contributed by atoms with van der Waals surface area (Å²) in [6, 6.07) is 2.54. The lowest BCUT2D eigenvalue weighted by atomic mass is 9.71. The maximum absolute atomic E-state index is 12.0. The molecule has 5 heterocycles. The minimum Gasteiger partial charge on any atom is -0.444 e. The second kappa shape index (κ2) is 5.46. The van der Waals surface area contributed by atoms with Crippen LogP contribution < -0.4 is 5.73 Å². The highest BCUT2D eigenvalue weighted by atomic mass is 32.1. The first-order valence-electron chi connectivity index (χ1n) is 8.14. The van der Waals surface area contributed by atoms with Crippen molar-refractivity contribution in [2.75, 3.05) is 13.1 Å². The Bertz CT molecular complexity index is 741. The first-order valence-corrected chi connectivity index (χ1v) is 8.96. The molecular weight excluding hydrogens is 310 g/mol. The minimum atomic E-state index is -0.344. The van der Waals surface area contributed by atoms with E-state index in [4.69, 9.17) is 10.2 Å². The maximum atomic E-state index is 12.0. The van der Waals surface area contributed by atoms with Gasteiger partial charge in [0, 0.05) is 12.0 Å². The van der Waals surface area contributed by atoms with Crippen LogP contribution in [0.5, 0.6) is 0 Å². The number of thiophene rings is 1. The van der Waals surface area contributed by atoms with Crippen LogP contribution in [-0.4, -0.2) is 34.9 Å². The molecule has 3 aliphatic rings. The molecule has 5 nitrogen and oxygen atoms in total. The summed E-state index contributed by atoms with van der Waals surface area (Å²) in [6.45, 7) is 6.51. The lowest BCUT2D eigenvalue weighted by Crippen LogP contribution is -2.52. The van der Waals surface area contributed by atoms with Crippen molar-refractivity contribution in [2.45, 2.75) is 38.6 Å². The van der Waals surface area contributed by atoms with Gasteiger partial charge in [-0.15, -0.1) is 11.3 Å². The van der Waals surface area contributed by atoms with Gasteiger partial charge in [0.05, 0.1) is 15.4 Å². The highest BCUT2D eigenvalue weighted by Crippen LogP contribution is 2.47. The lowest BCUT2D eigenvalue weighted by molar-refractivity contribution is 0.0348. The molecule has 2 N–H and O–H groups in total. The molecule has 3 saturated heterocycles. The number of rotatable bonds is 3. The van der Waals surface area contributed by atoms with Crippen LogP contribution in [0.3, 0.4) is 0 Å². The van der Waals surface area contributed by atoms with E-state index in [0.717, 1.165) is 16.1 Å². The number of oxazole rings is 1. The van der Waals surface area contributed by atoms with Gasteiger partial charge >= 0.3 is 0 Å². The molecule has 122 valence electrons. The van der Waals surface area contributed by atoms with Crippen LogP contribution in [0.15, 0.2) is 16.7 Å². The van der Waals surface area contributed by atoms with Crippen LogP contribution in [0.2, 0.25) is 0 Å². The Kier molecular flexibility index (Phi) is 3.54. The molecule has 5 rings (SSSR count).